The highest BCUT2D eigenvalue weighted by molar-refractivity contribution is 6.18. The first-order valence-corrected chi connectivity index (χ1v) is 10.8. The van der Waals surface area contributed by atoms with E-state index in [9.17, 15) is 10.1 Å². The first kappa shape index (κ1) is 18.6. The van der Waals surface area contributed by atoms with Crippen LogP contribution in [0.3, 0.4) is 0 Å². The molecule has 0 amide bonds. The summed E-state index contributed by atoms with van der Waals surface area (Å²) in [4.78, 5) is 11.5. The number of nitrogens with zero attached hydrogens (tertiary/aromatic N) is 2. The average molecular weight is 416 g/mol. The molecule has 0 N–H and O–H groups in total. The van der Waals surface area contributed by atoms with Gasteiger partial charge in [-0.15, -0.1) is 0 Å². The van der Waals surface area contributed by atoms with Crippen molar-refractivity contribution >= 4 is 38.2 Å². The number of hydrogen-bond donors (Lipinski definition) is 0. The van der Waals surface area contributed by atoms with Crippen LogP contribution in [-0.2, 0) is 0 Å². The Bertz CT molecular complexity index is 1590. The molecule has 0 bridgehead atoms. The van der Waals surface area contributed by atoms with Gasteiger partial charge in [0.05, 0.1) is 21.5 Å². The lowest BCUT2D eigenvalue weighted by Crippen LogP contribution is -2.05. The fraction of sp³-hybridized carbons (Fsp3) is 0.0714. The molecule has 5 aromatic rings. The third-order valence-electron chi connectivity index (χ3n) is 6.34. The van der Waals surface area contributed by atoms with E-state index in [1.54, 1.807) is 0 Å². The number of rotatable bonds is 3. The molecule has 1 aliphatic carbocycles. The number of benzene rings is 4. The molecule has 0 saturated carbocycles. The SMILES string of the molecule is O=[N+]([O-])C1=C(c2ccc3c4ccc5ccccc5c4n(-c4ccccc4)c3c2)C=CCC1. The van der Waals surface area contributed by atoms with E-state index < -0.39 is 0 Å². The highest BCUT2D eigenvalue weighted by Gasteiger charge is 2.22. The molecule has 4 aromatic carbocycles. The molecule has 0 radical (unpaired) electrons. The minimum atomic E-state index is -0.233. The second-order valence-corrected chi connectivity index (χ2v) is 8.14. The van der Waals surface area contributed by atoms with E-state index in [-0.39, 0.29) is 4.92 Å². The van der Waals surface area contributed by atoms with Crippen molar-refractivity contribution in [3.63, 3.8) is 0 Å². The Morgan fingerprint density at radius 1 is 0.812 bits per heavy atom. The summed E-state index contributed by atoms with van der Waals surface area (Å²) in [6, 6.07) is 29.3. The van der Waals surface area contributed by atoms with Gasteiger partial charge in [0.1, 0.15) is 0 Å². The molecule has 0 saturated heterocycles. The van der Waals surface area contributed by atoms with E-state index in [0.717, 1.165) is 27.7 Å². The zero-order valence-corrected chi connectivity index (χ0v) is 17.4. The van der Waals surface area contributed by atoms with Crippen molar-refractivity contribution in [2.45, 2.75) is 12.8 Å². The van der Waals surface area contributed by atoms with Gasteiger partial charge in [0.15, 0.2) is 0 Å². The lowest BCUT2D eigenvalue weighted by molar-refractivity contribution is -0.426. The van der Waals surface area contributed by atoms with Gasteiger partial charge >= 0.3 is 0 Å². The molecule has 0 aliphatic heterocycles. The molecule has 154 valence electrons. The third kappa shape index (κ3) is 2.77. The fourth-order valence-corrected chi connectivity index (χ4v) is 4.90. The average Bonchev–Trinajstić information content (AvgIpc) is 3.18. The van der Waals surface area contributed by atoms with Crippen molar-refractivity contribution in [2.24, 2.45) is 0 Å². The molecule has 0 unspecified atom stereocenters. The summed E-state index contributed by atoms with van der Waals surface area (Å²) in [5.41, 5.74) is 5.16. The zero-order chi connectivity index (χ0) is 21.7. The summed E-state index contributed by atoms with van der Waals surface area (Å²) in [7, 11) is 0. The standard InChI is InChI=1S/C28H20N2O2/c31-30(32)26-13-7-6-11-22(26)20-15-16-24-25-17-14-19-8-4-5-12-23(19)28(25)29(27(24)18-20)21-9-2-1-3-10-21/h1-6,8-12,14-18H,7,13H2. The molecular formula is C28H20N2O2. The number of allylic oxidation sites excluding steroid dienone is 4. The molecule has 0 spiro atoms. The third-order valence-corrected chi connectivity index (χ3v) is 6.34. The van der Waals surface area contributed by atoms with Crippen molar-refractivity contribution < 1.29 is 4.92 Å². The van der Waals surface area contributed by atoms with Gasteiger partial charge in [-0.2, -0.15) is 0 Å². The van der Waals surface area contributed by atoms with Crippen LogP contribution in [0.1, 0.15) is 18.4 Å². The lowest BCUT2D eigenvalue weighted by Gasteiger charge is -2.12. The number of hydrogen-bond acceptors (Lipinski definition) is 2. The van der Waals surface area contributed by atoms with Gasteiger partial charge < -0.3 is 4.57 Å². The first-order valence-electron chi connectivity index (χ1n) is 10.8. The second-order valence-electron chi connectivity index (χ2n) is 8.14. The summed E-state index contributed by atoms with van der Waals surface area (Å²) < 4.78 is 2.29. The van der Waals surface area contributed by atoms with Gasteiger partial charge in [0.2, 0.25) is 0 Å². The molecule has 4 nitrogen and oxygen atoms in total. The van der Waals surface area contributed by atoms with Crippen molar-refractivity contribution in [3.8, 4) is 5.69 Å². The van der Waals surface area contributed by atoms with E-state index in [1.807, 2.05) is 36.4 Å². The summed E-state index contributed by atoms with van der Waals surface area (Å²) >= 11 is 0. The number of aromatic nitrogens is 1. The molecule has 1 aromatic heterocycles. The Morgan fingerprint density at radius 3 is 2.44 bits per heavy atom. The van der Waals surface area contributed by atoms with E-state index in [1.165, 1.54) is 16.2 Å². The van der Waals surface area contributed by atoms with Crippen LogP contribution < -0.4 is 0 Å². The molecule has 0 atom stereocenters. The molecular weight excluding hydrogens is 396 g/mol. The monoisotopic (exact) mass is 416 g/mol. The lowest BCUT2D eigenvalue weighted by atomic mass is 9.96. The van der Waals surface area contributed by atoms with E-state index >= 15 is 0 Å². The maximum absolute atomic E-state index is 11.7. The Labute approximate surface area is 184 Å². The van der Waals surface area contributed by atoms with Gasteiger partial charge in [-0.05, 0) is 35.6 Å². The van der Waals surface area contributed by atoms with Gasteiger partial charge in [0.25, 0.3) is 5.70 Å². The smallest absolute Gasteiger partial charge is 0.254 e. The minimum absolute atomic E-state index is 0.233. The molecule has 0 fully saturated rings. The molecule has 6 rings (SSSR count). The Balaban J connectivity index is 1.75. The van der Waals surface area contributed by atoms with Gasteiger partial charge in [-0.3, -0.25) is 10.1 Å². The van der Waals surface area contributed by atoms with Gasteiger partial charge in [0, 0.05) is 28.3 Å². The molecule has 1 aliphatic rings. The normalized spacial score (nSPS) is 14.0. The predicted octanol–water partition coefficient (Wildman–Crippen LogP) is 7.27. The van der Waals surface area contributed by atoms with Crippen molar-refractivity contribution in [1.29, 1.82) is 0 Å². The van der Waals surface area contributed by atoms with Crippen LogP contribution in [0.15, 0.2) is 103 Å². The Kier molecular flexibility index (Phi) is 4.18. The van der Waals surface area contributed by atoms with E-state index in [0.29, 0.717) is 24.1 Å². The zero-order valence-electron chi connectivity index (χ0n) is 17.4. The van der Waals surface area contributed by atoms with Crippen LogP contribution in [0.5, 0.6) is 0 Å². The van der Waals surface area contributed by atoms with Gasteiger partial charge in [-0.1, -0.05) is 78.9 Å². The van der Waals surface area contributed by atoms with Crippen molar-refractivity contribution in [1.82, 2.24) is 4.57 Å². The minimum Gasteiger partial charge on any atom is -0.309 e. The fourth-order valence-electron chi connectivity index (χ4n) is 4.90. The van der Waals surface area contributed by atoms with Crippen molar-refractivity contribution in [3.05, 3.63) is 118 Å². The largest absolute Gasteiger partial charge is 0.309 e. The summed E-state index contributed by atoms with van der Waals surface area (Å²) in [6.45, 7) is 0. The second kappa shape index (κ2) is 7.20. The maximum atomic E-state index is 11.7. The first-order chi connectivity index (χ1) is 15.7. The van der Waals surface area contributed by atoms with Gasteiger partial charge in [-0.25, -0.2) is 0 Å². The van der Waals surface area contributed by atoms with Crippen molar-refractivity contribution in [2.75, 3.05) is 0 Å². The summed E-state index contributed by atoms with van der Waals surface area (Å²) in [5.74, 6) is 0. The number of para-hydroxylation sites is 1. The molecule has 4 heteroatoms. The Hall–Kier alpha value is -4.18. The predicted molar refractivity (Wildman–Crippen MR) is 131 cm³/mol. The van der Waals surface area contributed by atoms with E-state index in [2.05, 4.69) is 65.2 Å². The Morgan fingerprint density at radius 2 is 1.59 bits per heavy atom. The summed E-state index contributed by atoms with van der Waals surface area (Å²) in [5, 5.41) is 16.4. The van der Waals surface area contributed by atoms with Crippen LogP contribution >= 0.6 is 0 Å². The highest BCUT2D eigenvalue weighted by Crippen LogP contribution is 2.38. The van der Waals surface area contributed by atoms with E-state index in [4.69, 9.17) is 0 Å². The van der Waals surface area contributed by atoms with Crippen LogP contribution in [-0.4, -0.2) is 9.49 Å². The maximum Gasteiger partial charge on any atom is 0.254 e. The van der Waals surface area contributed by atoms with Crippen LogP contribution in [0, 0.1) is 10.1 Å². The van der Waals surface area contributed by atoms with Crippen LogP contribution in [0.4, 0.5) is 0 Å². The van der Waals surface area contributed by atoms with Crippen LogP contribution in [0.2, 0.25) is 0 Å². The molecule has 1 heterocycles. The highest BCUT2D eigenvalue weighted by atomic mass is 16.6. The topological polar surface area (TPSA) is 48.1 Å². The summed E-state index contributed by atoms with van der Waals surface area (Å²) in [6.07, 6.45) is 5.09. The quantitative estimate of drug-likeness (QED) is 0.229. The number of nitro groups is 1. The van der Waals surface area contributed by atoms with Crippen LogP contribution in [0.25, 0.3) is 43.8 Å². The number of fused-ring (bicyclic) bond motifs is 5. The molecule has 32 heavy (non-hydrogen) atoms.